The summed E-state index contributed by atoms with van der Waals surface area (Å²) in [5.41, 5.74) is 7.58. The maximum Gasteiger partial charge on any atom is 0.303 e. The zero-order valence-electron chi connectivity index (χ0n) is 21.3. The van der Waals surface area contributed by atoms with Gasteiger partial charge in [-0.1, -0.05) is 30.3 Å². The van der Waals surface area contributed by atoms with Crippen LogP contribution in [0.3, 0.4) is 0 Å². The Hall–Kier alpha value is -4.19. The van der Waals surface area contributed by atoms with Crippen LogP contribution < -0.4 is 9.47 Å². The van der Waals surface area contributed by atoms with Crippen molar-refractivity contribution in [2.24, 2.45) is 0 Å². The summed E-state index contributed by atoms with van der Waals surface area (Å²) >= 11 is 0. The molecule has 37 heavy (non-hydrogen) atoms. The van der Waals surface area contributed by atoms with Gasteiger partial charge in [-0.15, -0.1) is 0 Å². The average molecular weight is 500 g/mol. The number of benzene rings is 3. The molecule has 0 aliphatic carbocycles. The van der Waals surface area contributed by atoms with Crippen LogP contribution in [0.25, 0.3) is 11.1 Å². The second-order valence-corrected chi connectivity index (χ2v) is 9.13. The number of halogens is 1. The quantitative estimate of drug-likeness (QED) is 0.255. The zero-order valence-corrected chi connectivity index (χ0v) is 21.3. The van der Waals surface area contributed by atoms with E-state index in [9.17, 15) is 9.18 Å². The number of carboxylic acid groups (broad SMARTS) is 1. The van der Waals surface area contributed by atoms with Crippen LogP contribution in [-0.4, -0.2) is 16.1 Å². The van der Waals surface area contributed by atoms with Crippen molar-refractivity contribution < 1.29 is 23.8 Å². The minimum Gasteiger partial charge on any atom is -0.489 e. The summed E-state index contributed by atoms with van der Waals surface area (Å²) in [5, 5.41) is 8.80. The van der Waals surface area contributed by atoms with Crippen LogP contribution in [0.4, 0.5) is 4.39 Å². The molecule has 0 atom stereocenters. The molecule has 0 saturated carbocycles. The summed E-state index contributed by atoms with van der Waals surface area (Å²) in [5.74, 6) is -0.208. The molecule has 4 aromatic rings. The Balaban J connectivity index is 1.44. The number of nitrogens with zero attached hydrogens (tertiary/aromatic N) is 1. The summed E-state index contributed by atoms with van der Waals surface area (Å²) in [6.45, 7) is 6.79. The number of ether oxygens (including phenoxy) is 2. The van der Waals surface area contributed by atoms with E-state index in [1.165, 1.54) is 6.07 Å². The molecular weight excluding hydrogens is 469 g/mol. The van der Waals surface area contributed by atoms with Crippen LogP contribution in [0.2, 0.25) is 0 Å². The van der Waals surface area contributed by atoms with Gasteiger partial charge in [0.05, 0.1) is 5.69 Å². The van der Waals surface area contributed by atoms with Gasteiger partial charge in [0, 0.05) is 18.2 Å². The summed E-state index contributed by atoms with van der Waals surface area (Å²) in [4.78, 5) is 15.2. The Morgan fingerprint density at radius 2 is 1.59 bits per heavy atom. The van der Waals surface area contributed by atoms with E-state index in [4.69, 9.17) is 14.6 Å². The molecule has 6 heteroatoms. The smallest absolute Gasteiger partial charge is 0.303 e. The van der Waals surface area contributed by atoms with Crippen LogP contribution in [0.1, 0.15) is 40.1 Å². The second-order valence-electron chi connectivity index (χ2n) is 9.13. The van der Waals surface area contributed by atoms with Crippen LogP contribution in [0.5, 0.6) is 11.5 Å². The van der Waals surface area contributed by atoms with E-state index < -0.39 is 11.8 Å². The molecule has 0 spiro atoms. The Morgan fingerprint density at radius 3 is 2.30 bits per heavy atom. The molecule has 1 heterocycles. The highest BCUT2D eigenvalue weighted by Gasteiger charge is 2.11. The summed E-state index contributed by atoms with van der Waals surface area (Å²) < 4.78 is 26.2. The SMILES string of the molecule is Cc1cccc(COc2cc(C)c(-c3cccc(COc4ccc(CCC(=O)O)c(F)c4)c3)c(C)c2)n1. The predicted octanol–water partition coefficient (Wildman–Crippen LogP) is 6.99. The lowest BCUT2D eigenvalue weighted by Crippen LogP contribution is -2.01. The van der Waals surface area contributed by atoms with Crippen molar-refractivity contribution in [1.82, 2.24) is 4.98 Å². The third kappa shape index (κ3) is 6.94. The molecule has 0 bridgehead atoms. The first-order valence-electron chi connectivity index (χ1n) is 12.2. The van der Waals surface area contributed by atoms with E-state index in [1.807, 2.05) is 49.4 Å². The van der Waals surface area contributed by atoms with Crippen molar-refractivity contribution in [3.05, 3.63) is 112 Å². The van der Waals surface area contributed by atoms with Crippen molar-refractivity contribution in [3.8, 4) is 22.6 Å². The molecule has 0 aliphatic rings. The summed E-state index contributed by atoms with van der Waals surface area (Å²) in [6, 6.07) is 22.6. The van der Waals surface area contributed by atoms with Crippen LogP contribution >= 0.6 is 0 Å². The standard InChI is InChI=1S/C31H30FNO4/c1-20-14-28(37-19-26-9-4-6-22(3)33-26)15-21(2)31(20)25-8-5-7-23(16-25)18-36-27-12-10-24(29(32)17-27)11-13-30(34)35/h4-10,12,14-17H,11,13,18-19H2,1-3H3,(H,34,35). The number of pyridine rings is 1. The Kier molecular flexibility index (Phi) is 8.18. The molecule has 0 aliphatic heterocycles. The number of carbonyl (C=O) groups is 1. The number of aryl methyl sites for hydroxylation is 4. The number of carboxylic acids is 1. The fourth-order valence-electron chi connectivity index (χ4n) is 4.35. The fourth-order valence-corrected chi connectivity index (χ4v) is 4.35. The van der Waals surface area contributed by atoms with E-state index in [0.717, 1.165) is 45.0 Å². The highest BCUT2D eigenvalue weighted by Crippen LogP contribution is 2.32. The second kappa shape index (κ2) is 11.7. The Bertz CT molecular complexity index is 1390. The van der Waals surface area contributed by atoms with Gasteiger partial charge in [-0.25, -0.2) is 4.39 Å². The number of rotatable bonds is 10. The lowest BCUT2D eigenvalue weighted by atomic mass is 9.94. The first-order chi connectivity index (χ1) is 17.8. The molecule has 0 radical (unpaired) electrons. The number of aliphatic carboxylic acids is 1. The number of aromatic nitrogens is 1. The largest absolute Gasteiger partial charge is 0.489 e. The molecule has 0 amide bonds. The first-order valence-corrected chi connectivity index (χ1v) is 12.2. The van der Waals surface area contributed by atoms with Gasteiger partial charge in [0.2, 0.25) is 0 Å². The van der Waals surface area contributed by atoms with Gasteiger partial charge in [0.15, 0.2) is 0 Å². The molecule has 0 fully saturated rings. The highest BCUT2D eigenvalue weighted by molar-refractivity contribution is 5.72. The molecule has 1 N–H and O–H groups in total. The van der Waals surface area contributed by atoms with Gasteiger partial charge in [-0.2, -0.15) is 0 Å². The third-order valence-corrected chi connectivity index (χ3v) is 6.09. The average Bonchev–Trinajstić information content (AvgIpc) is 2.85. The van der Waals surface area contributed by atoms with Gasteiger partial charge < -0.3 is 14.6 Å². The lowest BCUT2D eigenvalue weighted by molar-refractivity contribution is -0.136. The third-order valence-electron chi connectivity index (χ3n) is 6.09. The van der Waals surface area contributed by atoms with Crippen LogP contribution in [0, 0.1) is 26.6 Å². The van der Waals surface area contributed by atoms with Gasteiger partial charge in [0.1, 0.15) is 30.5 Å². The monoisotopic (exact) mass is 499 g/mol. The molecule has 3 aromatic carbocycles. The normalized spacial score (nSPS) is 10.8. The van der Waals surface area contributed by atoms with E-state index >= 15 is 0 Å². The number of hydrogen-bond donors (Lipinski definition) is 1. The fraction of sp³-hybridized carbons (Fsp3) is 0.226. The summed E-state index contributed by atoms with van der Waals surface area (Å²) in [6.07, 6.45) is 0.0363. The summed E-state index contributed by atoms with van der Waals surface area (Å²) in [7, 11) is 0. The van der Waals surface area contributed by atoms with Crippen molar-refractivity contribution in [1.29, 1.82) is 0 Å². The minimum absolute atomic E-state index is 0.111. The number of hydrogen-bond acceptors (Lipinski definition) is 4. The highest BCUT2D eigenvalue weighted by atomic mass is 19.1. The molecule has 190 valence electrons. The maximum absolute atomic E-state index is 14.3. The topological polar surface area (TPSA) is 68.7 Å². The molecular formula is C31H30FNO4. The van der Waals surface area contributed by atoms with Crippen molar-refractivity contribution in [3.63, 3.8) is 0 Å². The zero-order chi connectivity index (χ0) is 26.4. The molecule has 0 unspecified atom stereocenters. The van der Waals surface area contributed by atoms with Gasteiger partial charge in [-0.3, -0.25) is 9.78 Å². The van der Waals surface area contributed by atoms with E-state index in [-0.39, 0.29) is 19.4 Å². The maximum atomic E-state index is 14.3. The molecule has 0 saturated heterocycles. The van der Waals surface area contributed by atoms with Gasteiger partial charge >= 0.3 is 5.97 Å². The van der Waals surface area contributed by atoms with E-state index in [2.05, 4.69) is 31.0 Å². The van der Waals surface area contributed by atoms with E-state index in [1.54, 1.807) is 12.1 Å². The van der Waals surface area contributed by atoms with Crippen LogP contribution in [-0.2, 0) is 24.4 Å². The Morgan fingerprint density at radius 1 is 0.865 bits per heavy atom. The van der Waals surface area contributed by atoms with E-state index in [0.29, 0.717) is 17.9 Å². The molecule has 4 rings (SSSR count). The predicted molar refractivity (Wildman–Crippen MR) is 141 cm³/mol. The first kappa shape index (κ1) is 25.9. The van der Waals surface area contributed by atoms with Crippen molar-refractivity contribution in [2.45, 2.75) is 46.8 Å². The minimum atomic E-state index is -0.952. The Labute approximate surface area is 216 Å². The van der Waals surface area contributed by atoms with Crippen molar-refractivity contribution >= 4 is 5.97 Å². The molecule has 5 nitrogen and oxygen atoms in total. The van der Waals surface area contributed by atoms with Crippen LogP contribution in [0.15, 0.2) is 72.8 Å². The van der Waals surface area contributed by atoms with Gasteiger partial charge in [-0.05, 0) is 97.0 Å². The van der Waals surface area contributed by atoms with Gasteiger partial charge in [0.25, 0.3) is 0 Å². The molecule has 1 aromatic heterocycles. The lowest BCUT2D eigenvalue weighted by Gasteiger charge is -2.15. The van der Waals surface area contributed by atoms with Crippen molar-refractivity contribution in [2.75, 3.05) is 0 Å².